The fourth-order valence-electron chi connectivity index (χ4n) is 1.60. The third kappa shape index (κ3) is 3.04. The van der Waals surface area contributed by atoms with Crippen molar-refractivity contribution in [2.45, 2.75) is 13.0 Å². The van der Waals surface area contributed by atoms with E-state index in [1.165, 1.54) is 7.11 Å². The predicted octanol–water partition coefficient (Wildman–Crippen LogP) is 0.0450. The fraction of sp³-hybridized carbons (Fsp3) is 0.778. The maximum absolute atomic E-state index is 11.2. The smallest absolute Gasteiger partial charge is 0.409 e. The highest BCUT2D eigenvalue weighted by Gasteiger charge is 2.25. The molecular formula is C9H17N3O2S. The second kappa shape index (κ2) is 5.27. The highest BCUT2D eigenvalue weighted by molar-refractivity contribution is 7.80. The topological polar surface area (TPSA) is 58.8 Å². The predicted molar refractivity (Wildman–Crippen MR) is 61.8 cm³/mol. The molecule has 1 fully saturated rings. The van der Waals surface area contributed by atoms with Gasteiger partial charge >= 0.3 is 6.09 Å². The van der Waals surface area contributed by atoms with E-state index >= 15 is 0 Å². The summed E-state index contributed by atoms with van der Waals surface area (Å²) in [7, 11) is 1.40. The Hall–Kier alpha value is -0.880. The van der Waals surface area contributed by atoms with Gasteiger partial charge in [-0.05, 0) is 6.92 Å². The van der Waals surface area contributed by atoms with Crippen LogP contribution in [0, 0.1) is 0 Å². The standard InChI is InChI=1S/C9H17N3O2S/c1-7(8(10)15)11-3-5-12(6-4-11)9(13)14-2/h7H,3-6H2,1-2H3,(H2,10,15). The zero-order valence-corrected chi connectivity index (χ0v) is 9.92. The molecular weight excluding hydrogens is 214 g/mol. The summed E-state index contributed by atoms with van der Waals surface area (Å²) in [6, 6.07) is 0.0970. The number of hydrogen-bond acceptors (Lipinski definition) is 4. The minimum Gasteiger partial charge on any atom is -0.453 e. The van der Waals surface area contributed by atoms with Gasteiger partial charge in [-0.25, -0.2) is 4.79 Å². The lowest BCUT2D eigenvalue weighted by Gasteiger charge is -2.36. The van der Waals surface area contributed by atoms with E-state index in [-0.39, 0.29) is 12.1 Å². The number of ether oxygens (including phenoxy) is 1. The number of rotatable bonds is 2. The molecule has 2 N–H and O–H groups in total. The van der Waals surface area contributed by atoms with Gasteiger partial charge < -0.3 is 15.4 Å². The van der Waals surface area contributed by atoms with Crippen molar-refractivity contribution in [3.05, 3.63) is 0 Å². The van der Waals surface area contributed by atoms with Crippen molar-refractivity contribution in [3.8, 4) is 0 Å². The average molecular weight is 231 g/mol. The number of nitrogens with two attached hydrogens (primary N) is 1. The van der Waals surface area contributed by atoms with E-state index in [0.717, 1.165) is 13.1 Å². The van der Waals surface area contributed by atoms with Crippen molar-refractivity contribution in [1.29, 1.82) is 0 Å². The summed E-state index contributed by atoms with van der Waals surface area (Å²) in [6.07, 6.45) is -0.266. The molecule has 0 aromatic rings. The first-order valence-electron chi connectivity index (χ1n) is 4.92. The number of carbonyl (C=O) groups is 1. The van der Waals surface area contributed by atoms with Crippen LogP contribution in [0.25, 0.3) is 0 Å². The summed E-state index contributed by atoms with van der Waals surface area (Å²) in [5.41, 5.74) is 5.57. The van der Waals surface area contributed by atoms with E-state index in [1.54, 1.807) is 4.90 Å². The molecule has 0 aliphatic carbocycles. The van der Waals surface area contributed by atoms with Gasteiger partial charge in [-0.2, -0.15) is 0 Å². The highest BCUT2D eigenvalue weighted by atomic mass is 32.1. The number of carbonyl (C=O) groups excluding carboxylic acids is 1. The molecule has 6 heteroatoms. The number of methoxy groups -OCH3 is 1. The van der Waals surface area contributed by atoms with Crippen LogP contribution in [-0.4, -0.2) is 60.2 Å². The van der Waals surface area contributed by atoms with Crippen LogP contribution in [0.15, 0.2) is 0 Å². The molecule has 1 unspecified atom stereocenters. The Balaban J connectivity index is 2.42. The first kappa shape index (κ1) is 12.2. The molecule has 0 spiro atoms. The van der Waals surface area contributed by atoms with Crippen LogP contribution in [0.4, 0.5) is 4.79 Å². The van der Waals surface area contributed by atoms with Gasteiger partial charge in [-0.1, -0.05) is 12.2 Å². The molecule has 1 aliphatic rings. The van der Waals surface area contributed by atoms with Crippen molar-refractivity contribution in [1.82, 2.24) is 9.80 Å². The van der Waals surface area contributed by atoms with Crippen molar-refractivity contribution < 1.29 is 9.53 Å². The average Bonchev–Trinajstić information content (AvgIpc) is 2.27. The Labute approximate surface area is 95.1 Å². The molecule has 1 rings (SSSR count). The largest absolute Gasteiger partial charge is 0.453 e. The molecule has 86 valence electrons. The van der Waals surface area contributed by atoms with E-state index in [2.05, 4.69) is 9.64 Å². The number of thiocarbonyl (C=S) groups is 1. The number of piperazine rings is 1. The lowest BCUT2D eigenvalue weighted by atomic mass is 10.2. The van der Waals surface area contributed by atoms with Gasteiger partial charge in [0.15, 0.2) is 0 Å². The van der Waals surface area contributed by atoms with Crippen LogP contribution in [0.1, 0.15) is 6.92 Å². The normalized spacial score (nSPS) is 19.7. The van der Waals surface area contributed by atoms with Gasteiger partial charge in [0.1, 0.15) is 0 Å². The van der Waals surface area contributed by atoms with Crippen molar-refractivity contribution in [2.24, 2.45) is 5.73 Å². The summed E-state index contributed by atoms with van der Waals surface area (Å²) >= 11 is 4.93. The van der Waals surface area contributed by atoms with Crippen LogP contribution in [-0.2, 0) is 4.74 Å². The first-order chi connectivity index (χ1) is 7.06. The van der Waals surface area contributed by atoms with Gasteiger partial charge in [0, 0.05) is 26.2 Å². The van der Waals surface area contributed by atoms with E-state index in [4.69, 9.17) is 18.0 Å². The Bertz CT molecular complexity index is 252. The fourth-order valence-corrected chi connectivity index (χ4v) is 1.75. The molecule has 1 atom stereocenters. The molecule has 1 aliphatic heterocycles. The zero-order chi connectivity index (χ0) is 11.4. The minimum absolute atomic E-state index is 0.0970. The highest BCUT2D eigenvalue weighted by Crippen LogP contribution is 2.07. The molecule has 0 saturated carbocycles. The Morgan fingerprint density at radius 1 is 1.40 bits per heavy atom. The quantitative estimate of drug-likeness (QED) is 0.680. The monoisotopic (exact) mass is 231 g/mol. The van der Waals surface area contributed by atoms with Gasteiger partial charge in [0.25, 0.3) is 0 Å². The van der Waals surface area contributed by atoms with Gasteiger partial charge in [0.05, 0.1) is 18.1 Å². The molecule has 1 amide bonds. The first-order valence-corrected chi connectivity index (χ1v) is 5.33. The molecule has 15 heavy (non-hydrogen) atoms. The second-order valence-electron chi connectivity index (χ2n) is 3.57. The van der Waals surface area contributed by atoms with Crippen molar-refractivity contribution >= 4 is 23.3 Å². The molecule has 0 bridgehead atoms. The summed E-state index contributed by atoms with van der Waals surface area (Å²) in [5.74, 6) is 0. The third-order valence-corrected chi connectivity index (χ3v) is 3.05. The van der Waals surface area contributed by atoms with Crippen LogP contribution in [0.2, 0.25) is 0 Å². The number of hydrogen-bond donors (Lipinski definition) is 1. The third-order valence-electron chi connectivity index (χ3n) is 2.71. The Kier molecular flexibility index (Phi) is 4.28. The maximum Gasteiger partial charge on any atom is 0.409 e. The molecule has 0 radical (unpaired) electrons. The second-order valence-corrected chi connectivity index (χ2v) is 4.04. The summed E-state index contributed by atoms with van der Waals surface area (Å²) in [6.45, 7) is 4.89. The summed E-state index contributed by atoms with van der Waals surface area (Å²) in [4.78, 5) is 15.6. The van der Waals surface area contributed by atoms with E-state index in [1.807, 2.05) is 6.92 Å². The van der Waals surface area contributed by atoms with E-state index < -0.39 is 0 Å². The Morgan fingerprint density at radius 3 is 2.33 bits per heavy atom. The van der Waals surface area contributed by atoms with Gasteiger partial charge in [-0.3, -0.25) is 4.90 Å². The Morgan fingerprint density at radius 2 is 1.93 bits per heavy atom. The lowest BCUT2D eigenvalue weighted by Crippen LogP contribution is -2.53. The zero-order valence-electron chi connectivity index (χ0n) is 9.10. The molecule has 1 saturated heterocycles. The van der Waals surface area contributed by atoms with Crippen LogP contribution < -0.4 is 5.73 Å². The lowest BCUT2D eigenvalue weighted by molar-refractivity contribution is 0.0872. The SMILES string of the molecule is COC(=O)N1CCN(C(C)C(N)=S)CC1. The number of amides is 1. The van der Waals surface area contributed by atoms with Crippen LogP contribution in [0.3, 0.4) is 0 Å². The van der Waals surface area contributed by atoms with Gasteiger partial charge in [-0.15, -0.1) is 0 Å². The van der Waals surface area contributed by atoms with E-state index in [0.29, 0.717) is 18.1 Å². The summed E-state index contributed by atoms with van der Waals surface area (Å²) in [5, 5.41) is 0. The van der Waals surface area contributed by atoms with Crippen molar-refractivity contribution in [2.75, 3.05) is 33.3 Å². The van der Waals surface area contributed by atoms with Gasteiger partial charge in [0.2, 0.25) is 0 Å². The number of nitrogens with zero attached hydrogens (tertiary/aromatic N) is 2. The molecule has 5 nitrogen and oxygen atoms in total. The minimum atomic E-state index is -0.266. The summed E-state index contributed by atoms with van der Waals surface area (Å²) < 4.78 is 4.65. The van der Waals surface area contributed by atoms with Crippen LogP contribution in [0.5, 0.6) is 0 Å². The maximum atomic E-state index is 11.2. The van der Waals surface area contributed by atoms with Crippen LogP contribution >= 0.6 is 12.2 Å². The molecule has 0 aromatic carbocycles. The van der Waals surface area contributed by atoms with Crippen molar-refractivity contribution in [3.63, 3.8) is 0 Å². The molecule has 1 heterocycles. The van der Waals surface area contributed by atoms with E-state index in [9.17, 15) is 4.79 Å². The molecule has 0 aromatic heterocycles.